The number of hydrogen-bond acceptors (Lipinski definition) is 5. The van der Waals surface area contributed by atoms with Crippen LogP contribution in [0.1, 0.15) is 34.8 Å². The second-order valence-corrected chi connectivity index (χ2v) is 7.93. The fraction of sp³-hybridized carbons (Fsp3) is 0.292. The number of hydrogen-bond donors (Lipinski definition) is 2. The van der Waals surface area contributed by atoms with Crippen LogP contribution in [0.5, 0.6) is 0 Å². The molecule has 2 aromatic rings. The molecule has 2 aromatic carbocycles. The largest absolute Gasteiger partial charge is 0.467 e. The van der Waals surface area contributed by atoms with Crippen molar-refractivity contribution >= 4 is 35.6 Å². The van der Waals surface area contributed by atoms with Crippen LogP contribution >= 0.6 is 11.8 Å². The van der Waals surface area contributed by atoms with E-state index in [1.807, 2.05) is 42.7 Å². The minimum absolute atomic E-state index is 0.152. The molecule has 0 aromatic heterocycles. The van der Waals surface area contributed by atoms with Gasteiger partial charge in [0.05, 0.1) is 7.11 Å². The summed E-state index contributed by atoms with van der Waals surface area (Å²) in [5, 5.41) is 5.60. The van der Waals surface area contributed by atoms with Gasteiger partial charge in [-0.3, -0.25) is 9.59 Å². The molecule has 0 heterocycles. The SMILES string of the molecule is COC(=O)[C@H](CCSC)NC(=O)c1ccc(CNC(=O)/C(C)=C/c2ccccc2)cc1. The van der Waals surface area contributed by atoms with Crippen molar-refractivity contribution < 1.29 is 19.1 Å². The number of esters is 1. The van der Waals surface area contributed by atoms with Crippen LogP contribution in [0, 0.1) is 0 Å². The lowest BCUT2D eigenvalue weighted by molar-refractivity contribution is -0.142. The quantitative estimate of drug-likeness (QED) is 0.437. The normalized spacial score (nSPS) is 12.0. The maximum atomic E-state index is 12.5. The Hall–Kier alpha value is -3.06. The van der Waals surface area contributed by atoms with Crippen LogP contribution in [-0.2, 0) is 20.9 Å². The number of rotatable bonds is 10. The third-order valence-electron chi connectivity index (χ3n) is 4.61. The average molecular weight is 441 g/mol. The Labute approximate surface area is 187 Å². The van der Waals surface area contributed by atoms with Gasteiger partial charge in [0.2, 0.25) is 5.91 Å². The van der Waals surface area contributed by atoms with E-state index in [4.69, 9.17) is 4.74 Å². The molecule has 0 aliphatic carbocycles. The van der Waals surface area contributed by atoms with E-state index < -0.39 is 12.0 Å². The molecular formula is C24H28N2O4S. The van der Waals surface area contributed by atoms with Crippen molar-refractivity contribution in [3.05, 3.63) is 76.9 Å². The molecule has 0 unspecified atom stereocenters. The summed E-state index contributed by atoms with van der Waals surface area (Å²) in [7, 11) is 1.31. The first-order valence-electron chi connectivity index (χ1n) is 9.92. The van der Waals surface area contributed by atoms with Gasteiger partial charge in [0.15, 0.2) is 0 Å². The number of carbonyl (C=O) groups excluding carboxylic acids is 3. The molecule has 2 amide bonds. The summed E-state index contributed by atoms with van der Waals surface area (Å²) < 4.78 is 4.77. The summed E-state index contributed by atoms with van der Waals surface area (Å²) in [6.45, 7) is 2.11. The van der Waals surface area contributed by atoms with Gasteiger partial charge in [-0.25, -0.2) is 4.79 Å². The van der Waals surface area contributed by atoms with E-state index in [1.54, 1.807) is 43.0 Å². The van der Waals surface area contributed by atoms with Crippen molar-refractivity contribution in [2.45, 2.75) is 25.9 Å². The Balaban J connectivity index is 1.92. The van der Waals surface area contributed by atoms with Gasteiger partial charge in [0.1, 0.15) is 6.04 Å². The van der Waals surface area contributed by atoms with Crippen molar-refractivity contribution in [1.29, 1.82) is 0 Å². The lowest BCUT2D eigenvalue weighted by Gasteiger charge is -2.16. The standard InChI is InChI=1S/C24H28N2O4S/c1-17(15-18-7-5-4-6-8-18)22(27)25-16-19-9-11-20(12-10-19)23(28)26-21(13-14-31-3)24(29)30-2/h4-12,15,21H,13-14,16H2,1-3H3,(H,25,27)(H,26,28)/b17-15+/t21-/m0/s1. The summed E-state index contributed by atoms with van der Waals surface area (Å²) in [5.74, 6) is -0.216. The maximum Gasteiger partial charge on any atom is 0.328 e. The van der Waals surface area contributed by atoms with E-state index >= 15 is 0 Å². The molecular weight excluding hydrogens is 412 g/mol. The Morgan fingerprint density at radius 2 is 1.74 bits per heavy atom. The summed E-state index contributed by atoms with van der Waals surface area (Å²) in [6, 6.07) is 15.9. The first kappa shape index (κ1) is 24.2. The molecule has 0 saturated heterocycles. The molecule has 0 spiro atoms. The van der Waals surface area contributed by atoms with Crippen molar-refractivity contribution in [2.24, 2.45) is 0 Å². The smallest absolute Gasteiger partial charge is 0.328 e. The highest BCUT2D eigenvalue weighted by atomic mass is 32.2. The minimum atomic E-state index is -0.678. The summed E-state index contributed by atoms with van der Waals surface area (Å²) in [4.78, 5) is 36.6. The van der Waals surface area contributed by atoms with Gasteiger partial charge in [-0.2, -0.15) is 11.8 Å². The Morgan fingerprint density at radius 1 is 1.06 bits per heavy atom. The van der Waals surface area contributed by atoms with Crippen LogP contribution in [0.15, 0.2) is 60.2 Å². The molecule has 31 heavy (non-hydrogen) atoms. The lowest BCUT2D eigenvalue weighted by Crippen LogP contribution is -2.41. The number of nitrogens with one attached hydrogen (secondary N) is 2. The number of amides is 2. The Kier molecular flexibility index (Phi) is 9.84. The Bertz CT molecular complexity index is 911. The van der Waals surface area contributed by atoms with E-state index in [0.717, 1.165) is 16.9 Å². The number of methoxy groups -OCH3 is 1. The molecule has 164 valence electrons. The monoisotopic (exact) mass is 440 g/mol. The highest BCUT2D eigenvalue weighted by molar-refractivity contribution is 7.98. The molecule has 2 N–H and O–H groups in total. The average Bonchev–Trinajstić information content (AvgIpc) is 2.80. The van der Waals surface area contributed by atoms with E-state index in [2.05, 4.69) is 10.6 Å². The van der Waals surface area contributed by atoms with Gasteiger partial charge < -0.3 is 15.4 Å². The fourth-order valence-electron chi connectivity index (χ4n) is 2.83. The van der Waals surface area contributed by atoms with Crippen LogP contribution < -0.4 is 10.6 Å². The van der Waals surface area contributed by atoms with E-state index in [-0.39, 0.29) is 11.8 Å². The predicted octanol–water partition coefficient (Wildman–Crippen LogP) is 3.43. The number of thioether (sulfide) groups is 1. The molecule has 0 aliphatic heterocycles. The van der Waals surface area contributed by atoms with Gasteiger partial charge in [0, 0.05) is 17.7 Å². The molecule has 6 nitrogen and oxygen atoms in total. The molecule has 2 rings (SSSR count). The molecule has 0 fully saturated rings. The molecule has 7 heteroatoms. The van der Waals surface area contributed by atoms with Crippen LogP contribution in [0.25, 0.3) is 6.08 Å². The summed E-state index contributed by atoms with van der Waals surface area (Å²) >= 11 is 1.60. The number of ether oxygens (including phenoxy) is 1. The zero-order valence-electron chi connectivity index (χ0n) is 18.0. The number of benzene rings is 2. The third kappa shape index (κ3) is 7.94. The lowest BCUT2D eigenvalue weighted by atomic mass is 10.1. The van der Waals surface area contributed by atoms with Crippen LogP contribution in [0.2, 0.25) is 0 Å². The van der Waals surface area contributed by atoms with Crippen molar-refractivity contribution in [3.8, 4) is 0 Å². The third-order valence-corrected chi connectivity index (χ3v) is 5.26. The van der Waals surface area contributed by atoms with Crippen molar-refractivity contribution in [3.63, 3.8) is 0 Å². The maximum absolute atomic E-state index is 12.5. The second-order valence-electron chi connectivity index (χ2n) is 6.95. The van der Waals surface area contributed by atoms with Crippen LogP contribution in [0.3, 0.4) is 0 Å². The van der Waals surface area contributed by atoms with E-state index in [0.29, 0.717) is 24.1 Å². The van der Waals surface area contributed by atoms with Gasteiger partial charge in [-0.15, -0.1) is 0 Å². The van der Waals surface area contributed by atoms with Crippen LogP contribution in [-0.4, -0.2) is 42.9 Å². The van der Waals surface area contributed by atoms with Crippen molar-refractivity contribution in [1.82, 2.24) is 10.6 Å². The molecule has 1 atom stereocenters. The van der Waals surface area contributed by atoms with Crippen molar-refractivity contribution in [2.75, 3.05) is 19.1 Å². The topological polar surface area (TPSA) is 84.5 Å². The predicted molar refractivity (Wildman–Crippen MR) is 125 cm³/mol. The zero-order valence-corrected chi connectivity index (χ0v) is 18.8. The first-order chi connectivity index (χ1) is 14.9. The van der Waals surface area contributed by atoms with Gasteiger partial charge in [-0.05, 0) is 54.7 Å². The fourth-order valence-corrected chi connectivity index (χ4v) is 3.30. The van der Waals surface area contributed by atoms with Crippen LogP contribution in [0.4, 0.5) is 0 Å². The van der Waals surface area contributed by atoms with Gasteiger partial charge >= 0.3 is 5.97 Å². The summed E-state index contributed by atoms with van der Waals surface area (Å²) in [5.41, 5.74) is 2.88. The molecule has 0 aliphatic rings. The molecule has 0 saturated carbocycles. The van der Waals surface area contributed by atoms with E-state index in [9.17, 15) is 14.4 Å². The molecule has 0 radical (unpaired) electrons. The second kappa shape index (κ2) is 12.6. The zero-order chi connectivity index (χ0) is 22.6. The van der Waals surface area contributed by atoms with E-state index in [1.165, 1.54) is 7.11 Å². The van der Waals surface area contributed by atoms with Gasteiger partial charge in [0.25, 0.3) is 5.91 Å². The summed E-state index contributed by atoms with van der Waals surface area (Å²) in [6.07, 6.45) is 4.27. The highest BCUT2D eigenvalue weighted by Gasteiger charge is 2.21. The number of carbonyl (C=O) groups is 3. The van der Waals surface area contributed by atoms with Gasteiger partial charge in [-0.1, -0.05) is 42.5 Å². The minimum Gasteiger partial charge on any atom is -0.467 e. The molecule has 0 bridgehead atoms. The Morgan fingerprint density at radius 3 is 2.35 bits per heavy atom. The highest BCUT2D eigenvalue weighted by Crippen LogP contribution is 2.09. The first-order valence-corrected chi connectivity index (χ1v) is 11.3.